The number of carbonyl (C=O) groups excluding carboxylic acids is 1. The van der Waals surface area contributed by atoms with Gasteiger partial charge in [0.1, 0.15) is 11.4 Å². The summed E-state index contributed by atoms with van der Waals surface area (Å²) in [7, 11) is 0. The zero-order valence-electron chi connectivity index (χ0n) is 5.11. The van der Waals surface area contributed by atoms with E-state index in [0.717, 1.165) is 17.7 Å². The third kappa shape index (κ3) is 0.515. The van der Waals surface area contributed by atoms with Crippen LogP contribution in [0.2, 0.25) is 0 Å². The van der Waals surface area contributed by atoms with Crippen LogP contribution in [0.1, 0.15) is 10.4 Å². The first-order valence-corrected chi connectivity index (χ1v) is 2.92. The lowest BCUT2D eigenvalue weighted by molar-refractivity contribution is 0.112. The van der Waals surface area contributed by atoms with E-state index < -0.39 is 0 Å². The van der Waals surface area contributed by atoms with E-state index >= 15 is 0 Å². The van der Waals surface area contributed by atoms with Crippen LogP contribution in [0, 0.1) is 0 Å². The van der Waals surface area contributed by atoms with Crippen molar-refractivity contribution in [3.05, 3.63) is 23.8 Å². The molecule has 1 heterocycles. The summed E-state index contributed by atoms with van der Waals surface area (Å²) in [6.45, 7) is 0. The molecule has 0 atom stereocenters. The Labute approximate surface area is 57.4 Å². The number of nitrogens with zero attached hydrogens (tertiary/aromatic N) is 2. The molecule has 1 aromatic rings. The fourth-order valence-corrected chi connectivity index (χ4v) is 0.893. The van der Waals surface area contributed by atoms with Gasteiger partial charge in [0.05, 0.1) is 0 Å². The number of benzene rings is 1. The van der Waals surface area contributed by atoms with Crippen molar-refractivity contribution in [1.82, 2.24) is 0 Å². The number of fused-ring (bicyclic) bond motifs is 1. The Morgan fingerprint density at radius 3 is 2.70 bits per heavy atom. The van der Waals surface area contributed by atoms with Gasteiger partial charge in [0.2, 0.25) is 0 Å². The zero-order chi connectivity index (χ0) is 6.97. The smallest absolute Gasteiger partial charge is 0.152 e. The van der Waals surface area contributed by atoms with Crippen LogP contribution in [0.25, 0.3) is 0 Å². The van der Waals surface area contributed by atoms with Gasteiger partial charge < -0.3 is 0 Å². The first-order valence-electron chi connectivity index (χ1n) is 2.92. The van der Waals surface area contributed by atoms with Gasteiger partial charge in [-0.05, 0) is 12.1 Å². The van der Waals surface area contributed by atoms with Gasteiger partial charge >= 0.3 is 0 Å². The highest BCUT2D eigenvalue weighted by atomic mass is 16.1. The molecule has 0 saturated carbocycles. The summed E-state index contributed by atoms with van der Waals surface area (Å²) in [5, 5.41) is 7.40. The van der Waals surface area contributed by atoms with Crippen molar-refractivity contribution in [3.8, 4) is 0 Å². The minimum absolute atomic E-state index is 0.618. The predicted octanol–water partition coefficient (Wildman–Crippen LogP) is 2.23. The van der Waals surface area contributed by atoms with E-state index in [1.54, 1.807) is 12.1 Å². The van der Waals surface area contributed by atoms with Crippen molar-refractivity contribution in [2.45, 2.75) is 0 Å². The van der Waals surface area contributed by atoms with Gasteiger partial charge in [-0.25, -0.2) is 0 Å². The number of azo groups is 1. The SMILES string of the molecule is O=Cc1cccc2c1N=N2. The summed E-state index contributed by atoms with van der Waals surface area (Å²) in [5.74, 6) is 0. The molecule has 1 aliphatic rings. The first-order chi connectivity index (χ1) is 4.92. The molecule has 0 N–H and O–H groups in total. The minimum Gasteiger partial charge on any atom is -0.298 e. The summed E-state index contributed by atoms with van der Waals surface area (Å²) < 4.78 is 0. The predicted molar refractivity (Wildman–Crippen MR) is 36.0 cm³/mol. The highest BCUT2D eigenvalue weighted by Crippen LogP contribution is 2.39. The largest absolute Gasteiger partial charge is 0.298 e. The van der Waals surface area contributed by atoms with Crippen molar-refractivity contribution in [1.29, 1.82) is 0 Å². The third-order valence-corrected chi connectivity index (χ3v) is 1.43. The van der Waals surface area contributed by atoms with E-state index in [2.05, 4.69) is 10.2 Å². The standard InChI is InChI=1S/C7H4N2O/c10-4-5-2-1-3-6-7(5)9-8-6/h1-4H. The minimum atomic E-state index is 0.618. The van der Waals surface area contributed by atoms with Gasteiger partial charge in [0.25, 0.3) is 0 Å². The summed E-state index contributed by atoms with van der Waals surface area (Å²) in [6, 6.07) is 5.35. The summed E-state index contributed by atoms with van der Waals surface area (Å²) in [5.41, 5.74) is 2.15. The molecule has 0 spiro atoms. The van der Waals surface area contributed by atoms with E-state index in [9.17, 15) is 4.79 Å². The number of carbonyl (C=O) groups is 1. The van der Waals surface area contributed by atoms with Crippen molar-refractivity contribution >= 4 is 17.7 Å². The molecule has 0 bridgehead atoms. The van der Waals surface area contributed by atoms with Crippen molar-refractivity contribution in [3.63, 3.8) is 0 Å². The van der Waals surface area contributed by atoms with Crippen molar-refractivity contribution in [2.24, 2.45) is 10.2 Å². The Kier molecular flexibility index (Phi) is 0.917. The third-order valence-electron chi connectivity index (χ3n) is 1.43. The van der Waals surface area contributed by atoms with E-state index in [-0.39, 0.29) is 0 Å². The molecule has 0 saturated heterocycles. The van der Waals surface area contributed by atoms with Crippen molar-refractivity contribution in [2.75, 3.05) is 0 Å². The topological polar surface area (TPSA) is 41.8 Å². The molecule has 2 rings (SSSR count). The second-order valence-corrected chi connectivity index (χ2v) is 2.03. The van der Waals surface area contributed by atoms with Crippen LogP contribution >= 0.6 is 0 Å². The van der Waals surface area contributed by atoms with Gasteiger partial charge in [0.15, 0.2) is 6.29 Å². The number of hydrogen-bond acceptors (Lipinski definition) is 3. The lowest BCUT2D eigenvalue weighted by Crippen LogP contribution is -1.84. The highest BCUT2D eigenvalue weighted by molar-refractivity contribution is 5.89. The Morgan fingerprint density at radius 1 is 1.30 bits per heavy atom. The van der Waals surface area contributed by atoms with Gasteiger partial charge in [-0.15, -0.1) is 10.2 Å². The van der Waals surface area contributed by atoms with Gasteiger partial charge in [-0.2, -0.15) is 0 Å². The molecule has 3 nitrogen and oxygen atoms in total. The quantitative estimate of drug-likeness (QED) is 0.548. The molecule has 0 amide bonds. The van der Waals surface area contributed by atoms with E-state index in [1.165, 1.54) is 0 Å². The van der Waals surface area contributed by atoms with Crippen LogP contribution in [0.5, 0.6) is 0 Å². The molecule has 0 aliphatic carbocycles. The number of hydrogen-bond donors (Lipinski definition) is 0. The molecular formula is C7H4N2O. The second kappa shape index (κ2) is 1.73. The lowest BCUT2D eigenvalue weighted by atomic mass is 10.1. The lowest BCUT2D eigenvalue weighted by Gasteiger charge is -2.07. The maximum atomic E-state index is 10.3. The molecule has 0 radical (unpaired) electrons. The molecule has 0 aromatic heterocycles. The normalized spacial score (nSPS) is 12.0. The molecular weight excluding hydrogens is 128 g/mol. The van der Waals surface area contributed by atoms with Crippen LogP contribution in [0.3, 0.4) is 0 Å². The van der Waals surface area contributed by atoms with Crippen LogP contribution in [0.4, 0.5) is 11.4 Å². The maximum absolute atomic E-state index is 10.3. The second-order valence-electron chi connectivity index (χ2n) is 2.03. The Hall–Kier alpha value is -1.51. The monoisotopic (exact) mass is 132 g/mol. The van der Waals surface area contributed by atoms with E-state index in [0.29, 0.717) is 5.56 Å². The molecule has 0 unspecified atom stereocenters. The van der Waals surface area contributed by atoms with Crippen LogP contribution in [-0.4, -0.2) is 6.29 Å². The van der Waals surface area contributed by atoms with Crippen LogP contribution < -0.4 is 0 Å². The molecule has 0 fully saturated rings. The Bertz CT molecular complexity index is 317. The average Bonchev–Trinajstić information content (AvgIpc) is 1.91. The molecule has 10 heavy (non-hydrogen) atoms. The molecule has 1 aliphatic heterocycles. The van der Waals surface area contributed by atoms with Gasteiger partial charge in [0, 0.05) is 5.56 Å². The number of aldehydes is 1. The van der Waals surface area contributed by atoms with Crippen LogP contribution in [-0.2, 0) is 0 Å². The zero-order valence-corrected chi connectivity index (χ0v) is 5.11. The van der Waals surface area contributed by atoms with E-state index in [4.69, 9.17) is 0 Å². The first kappa shape index (κ1) is 5.29. The van der Waals surface area contributed by atoms with Gasteiger partial charge in [-0.1, -0.05) is 6.07 Å². The molecule has 48 valence electrons. The highest BCUT2D eigenvalue weighted by Gasteiger charge is 2.12. The fourth-order valence-electron chi connectivity index (χ4n) is 0.893. The Morgan fingerprint density at radius 2 is 2.20 bits per heavy atom. The molecule has 3 heteroatoms. The fraction of sp³-hybridized carbons (Fsp3) is 0. The van der Waals surface area contributed by atoms with Crippen molar-refractivity contribution < 1.29 is 4.79 Å². The van der Waals surface area contributed by atoms with Crippen LogP contribution in [0.15, 0.2) is 28.4 Å². The van der Waals surface area contributed by atoms with E-state index in [1.807, 2.05) is 6.07 Å². The maximum Gasteiger partial charge on any atom is 0.152 e. The molecule has 1 aromatic carbocycles. The summed E-state index contributed by atoms with van der Waals surface area (Å²) >= 11 is 0. The summed E-state index contributed by atoms with van der Waals surface area (Å²) in [6.07, 6.45) is 0.789. The number of rotatable bonds is 1. The van der Waals surface area contributed by atoms with Gasteiger partial charge in [-0.3, -0.25) is 4.79 Å². The summed E-state index contributed by atoms with van der Waals surface area (Å²) in [4.78, 5) is 10.3. The Balaban J connectivity index is 2.65. The average molecular weight is 132 g/mol.